The van der Waals surface area contributed by atoms with E-state index >= 15 is 0 Å². The maximum atomic E-state index is 12.6. The van der Waals surface area contributed by atoms with E-state index in [1.165, 1.54) is 11.8 Å². The number of carbonyl (C=O) groups is 1. The van der Waals surface area contributed by atoms with Crippen LogP contribution in [0, 0.1) is 0 Å². The molecule has 1 amide bonds. The number of ether oxygens (including phenoxy) is 2. The third-order valence-corrected chi connectivity index (χ3v) is 6.90. The fraction of sp³-hybridized carbons (Fsp3) is 0.381. The molecule has 1 saturated carbocycles. The zero-order valence-electron chi connectivity index (χ0n) is 16.5. The molecule has 5 rings (SSSR count). The van der Waals surface area contributed by atoms with E-state index in [4.69, 9.17) is 9.47 Å². The van der Waals surface area contributed by atoms with Crippen molar-refractivity contribution in [1.82, 2.24) is 20.1 Å². The molecule has 1 N–H and O–H groups in total. The maximum absolute atomic E-state index is 12.6. The van der Waals surface area contributed by atoms with Gasteiger partial charge in [-0.25, -0.2) is 0 Å². The van der Waals surface area contributed by atoms with Gasteiger partial charge in [0, 0.05) is 6.04 Å². The SMILES string of the molecule is CC(NC(=O)CSc1nnc(-c2cccs2)n1C1CC1)c1ccc2c(c1)OCCO2. The second kappa shape index (κ2) is 8.31. The molecule has 3 heterocycles. The smallest absolute Gasteiger partial charge is 0.230 e. The molecule has 9 heteroatoms. The van der Waals surface area contributed by atoms with E-state index in [0.29, 0.717) is 25.0 Å². The highest BCUT2D eigenvalue weighted by molar-refractivity contribution is 7.99. The normalized spacial score (nSPS) is 16.3. The van der Waals surface area contributed by atoms with Gasteiger partial charge in [0.1, 0.15) is 13.2 Å². The third-order valence-electron chi connectivity index (χ3n) is 5.09. The number of nitrogens with one attached hydrogen (secondary N) is 1. The summed E-state index contributed by atoms with van der Waals surface area (Å²) in [6, 6.07) is 10.2. The topological polar surface area (TPSA) is 78.3 Å². The van der Waals surface area contributed by atoms with E-state index in [0.717, 1.165) is 45.8 Å². The Kier molecular flexibility index (Phi) is 5.39. The quantitative estimate of drug-likeness (QED) is 0.556. The Balaban J connectivity index is 1.23. The predicted molar refractivity (Wildman–Crippen MR) is 116 cm³/mol. The van der Waals surface area contributed by atoms with Crippen LogP contribution in [0.5, 0.6) is 11.5 Å². The first-order valence-electron chi connectivity index (χ1n) is 9.99. The summed E-state index contributed by atoms with van der Waals surface area (Å²) in [6.07, 6.45) is 2.27. The molecule has 1 aromatic carbocycles. The minimum Gasteiger partial charge on any atom is -0.486 e. The lowest BCUT2D eigenvalue weighted by Crippen LogP contribution is -2.28. The Morgan fingerprint density at radius 3 is 2.87 bits per heavy atom. The highest BCUT2D eigenvalue weighted by Gasteiger charge is 2.30. The van der Waals surface area contributed by atoms with Gasteiger partial charge in [-0.1, -0.05) is 23.9 Å². The average molecular weight is 443 g/mol. The van der Waals surface area contributed by atoms with Crippen LogP contribution in [-0.2, 0) is 4.79 Å². The second-order valence-corrected chi connectivity index (χ2v) is 9.26. The van der Waals surface area contributed by atoms with Crippen molar-refractivity contribution in [2.45, 2.75) is 37.0 Å². The van der Waals surface area contributed by atoms with Crippen molar-refractivity contribution in [3.63, 3.8) is 0 Å². The first-order valence-corrected chi connectivity index (χ1v) is 11.9. The molecule has 3 aromatic rings. The number of aromatic nitrogens is 3. The summed E-state index contributed by atoms with van der Waals surface area (Å²) in [5.41, 5.74) is 0.985. The van der Waals surface area contributed by atoms with Crippen molar-refractivity contribution in [2.24, 2.45) is 0 Å². The zero-order valence-corrected chi connectivity index (χ0v) is 18.2. The predicted octanol–water partition coefficient (Wildman–Crippen LogP) is 4.08. The third kappa shape index (κ3) is 4.04. The van der Waals surface area contributed by atoms with Crippen LogP contribution in [0.4, 0.5) is 0 Å². The number of carbonyl (C=O) groups excluding carboxylic acids is 1. The van der Waals surface area contributed by atoms with Gasteiger partial charge in [-0.15, -0.1) is 21.5 Å². The minimum atomic E-state index is -0.128. The van der Waals surface area contributed by atoms with Gasteiger partial charge < -0.3 is 14.8 Å². The first-order chi connectivity index (χ1) is 14.7. The zero-order chi connectivity index (χ0) is 20.5. The number of hydrogen-bond acceptors (Lipinski definition) is 7. The summed E-state index contributed by atoms with van der Waals surface area (Å²) in [5.74, 6) is 2.64. The Morgan fingerprint density at radius 1 is 1.27 bits per heavy atom. The van der Waals surface area contributed by atoms with Gasteiger partial charge in [0.05, 0.1) is 16.7 Å². The molecule has 0 saturated heterocycles. The van der Waals surface area contributed by atoms with Crippen LogP contribution in [-0.4, -0.2) is 39.6 Å². The highest BCUT2D eigenvalue weighted by Crippen LogP contribution is 2.41. The van der Waals surface area contributed by atoms with Crippen molar-refractivity contribution in [3.05, 3.63) is 41.3 Å². The van der Waals surface area contributed by atoms with E-state index in [9.17, 15) is 4.79 Å². The monoisotopic (exact) mass is 442 g/mol. The molecule has 2 aromatic heterocycles. The number of thioether (sulfide) groups is 1. The Labute approximate surface area is 182 Å². The summed E-state index contributed by atoms with van der Waals surface area (Å²) >= 11 is 3.10. The van der Waals surface area contributed by atoms with Gasteiger partial charge in [0.2, 0.25) is 5.91 Å². The lowest BCUT2D eigenvalue weighted by molar-refractivity contribution is -0.119. The fourth-order valence-electron chi connectivity index (χ4n) is 3.44. The van der Waals surface area contributed by atoms with Gasteiger partial charge in [-0.05, 0) is 48.9 Å². The van der Waals surface area contributed by atoms with Crippen molar-refractivity contribution >= 4 is 29.0 Å². The average Bonchev–Trinajstić information content (AvgIpc) is 3.28. The van der Waals surface area contributed by atoms with Crippen molar-refractivity contribution in [2.75, 3.05) is 19.0 Å². The number of fused-ring (bicyclic) bond motifs is 1. The van der Waals surface area contributed by atoms with Crippen LogP contribution in [0.15, 0.2) is 40.9 Å². The molecule has 7 nitrogen and oxygen atoms in total. The largest absolute Gasteiger partial charge is 0.486 e. The number of benzene rings is 1. The summed E-state index contributed by atoms with van der Waals surface area (Å²) in [7, 11) is 0. The van der Waals surface area contributed by atoms with Gasteiger partial charge in [-0.2, -0.15) is 0 Å². The van der Waals surface area contributed by atoms with Gasteiger partial charge in [-0.3, -0.25) is 9.36 Å². The molecule has 1 unspecified atom stereocenters. The van der Waals surface area contributed by atoms with Gasteiger partial charge in [0.15, 0.2) is 22.5 Å². The molecule has 1 atom stereocenters. The van der Waals surface area contributed by atoms with Crippen LogP contribution in [0.1, 0.15) is 37.4 Å². The van der Waals surface area contributed by atoms with Crippen molar-refractivity contribution < 1.29 is 14.3 Å². The number of rotatable bonds is 7. The fourth-order valence-corrected chi connectivity index (χ4v) is 4.96. The van der Waals surface area contributed by atoms with Crippen LogP contribution in [0.3, 0.4) is 0 Å². The number of hydrogen-bond donors (Lipinski definition) is 1. The Morgan fingerprint density at radius 2 is 2.10 bits per heavy atom. The summed E-state index contributed by atoms with van der Waals surface area (Å²) in [5, 5.41) is 14.7. The number of thiophene rings is 1. The molecular formula is C21H22N4O3S2. The summed E-state index contributed by atoms with van der Waals surface area (Å²) in [6.45, 7) is 3.08. The van der Waals surface area contributed by atoms with Crippen LogP contribution >= 0.6 is 23.1 Å². The first kappa shape index (κ1) is 19.4. The molecule has 1 aliphatic heterocycles. The van der Waals surface area contributed by atoms with E-state index < -0.39 is 0 Å². The van der Waals surface area contributed by atoms with E-state index in [2.05, 4.69) is 26.1 Å². The van der Waals surface area contributed by atoms with Gasteiger partial charge in [0.25, 0.3) is 0 Å². The minimum absolute atomic E-state index is 0.0367. The molecule has 30 heavy (non-hydrogen) atoms. The lowest BCUT2D eigenvalue weighted by Gasteiger charge is -2.21. The molecule has 1 aliphatic carbocycles. The molecule has 1 fully saturated rings. The molecule has 156 valence electrons. The van der Waals surface area contributed by atoms with Crippen LogP contribution < -0.4 is 14.8 Å². The van der Waals surface area contributed by atoms with Crippen LogP contribution in [0.25, 0.3) is 10.7 Å². The summed E-state index contributed by atoms with van der Waals surface area (Å²) < 4.78 is 13.4. The van der Waals surface area contributed by atoms with E-state index in [1.54, 1.807) is 11.3 Å². The van der Waals surface area contributed by atoms with E-state index in [-0.39, 0.29) is 11.9 Å². The molecule has 0 spiro atoms. The van der Waals surface area contributed by atoms with E-state index in [1.807, 2.05) is 36.6 Å². The molecule has 2 aliphatic rings. The standard InChI is InChI=1S/C21H22N4O3S2/c1-13(14-4-7-16-17(11-14)28-9-8-27-16)22-19(26)12-30-21-24-23-20(18-3-2-10-29-18)25(21)15-5-6-15/h2-4,7,10-11,13,15H,5-6,8-9,12H2,1H3,(H,22,26). The van der Waals surface area contributed by atoms with Crippen molar-refractivity contribution in [3.8, 4) is 22.2 Å². The van der Waals surface area contributed by atoms with Crippen molar-refractivity contribution in [1.29, 1.82) is 0 Å². The lowest BCUT2D eigenvalue weighted by atomic mass is 10.1. The van der Waals surface area contributed by atoms with Crippen LogP contribution in [0.2, 0.25) is 0 Å². The van der Waals surface area contributed by atoms with Gasteiger partial charge >= 0.3 is 0 Å². The number of amides is 1. The molecular weight excluding hydrogens is 420 g/mol. The summed E-state index contributed by atoms with van der Waals surface area (Å²) in [4.78, 5) is 13.7. The number of nitrogens with zero attached hydrogens (tertiary/aromatic N) is 3. The highest BCUT2D eigenvalue weighted by atomic mass is 32.2. The molecule has 0 bridgehead atoms. The Hall–Kier alpha value is -2.52. The Bertz CT molecular complexity index is 1050. The molecule has 0 radical (unpaired) electrons. The maximum Gasteiger partial charge on any atom is 0.230 e. The second-order valence-electron chi connectivity index (χ2n) is 7.37.